The van der Waals surface area contributed by atoms with Crippen molar-refractivity contribution in [1.29, 1.82) is 0 Å². The number of morpholine rings is 1. The molecule has 1 fully saturated rings. The Morgan fingerprint density at radius 2 is 1.85 bits per heavy atom. The minimum atomic E-state index is -3.60. The Bertz CT molecular complexity index is 898. The van der Waals surface area contributed by atoms with E-state index in [2.05, 4.69) is 5.32 Å². The fraction of sp³-hybridized carbons (Fsp3) is 0.278. The second-order valence-corrected chi connectivity index (χ2v) is 9.26. The topological polar surface area (TPSA) is 75.7 Å². The van der Waals surface area contributed by atoms with Crippen LogP contribution in [0.25, 0.3) is 0 Å². The van der Waals surface area contributed by atoms with Crippen LogP contribution in [0.3, 0.4) is 0 Å². The van der Waals surface area contributed by atoms with E-state index in [1.165, 1.54) is 28.2 Å². The fourth-order valence-corrected chi connectivity index (χ4v) is 4.83. The predicted molar refractivity (Wildman–Crippen MR) is 107 cm³/mol. The summed E-state index contributed by atoms with van der Waals surface area (Å²) in [5, 5.41) is 3.39. The van der Waals surface area contributed by atoms with E-state index in [0.717, 1.165) is 4.90 Å². The summed E-state index contributed by atoms with van der Waals surface area (Å²) in [5.41, 5.74) is 0.450. The number of amides is 1. The molecule has 27 heavy (non-hydrogen) atoms. The van der Waals surface area contributed by atoms with E-state index in [4.69, 9.17) is 16.3 Å². The number of carbonyl (C=O) groups is 1. The van der Waals surface area contributed by atoms with E-state index in [9.17, 15) is 13.2 Å². The third-order valence-electron chi connectivity index (χ3n) is 3.91. The Morgan fingerprint density at radius 3 is 2.56 bits per heavy atom. The molecule has 0 aliphatic carbocycles. The van der Waals surface area contributed by atoms with E-state index in [1.807, 2.05) is 12.1 Å². The van der Waals surface area contributed by atoms with Gasteiger partial charge in [-0.25, -0.2) is 8.42 Å². The Labute approximate surface area is 167 Å². The van der Waals surface area contributed by atoms with Crippen molar-refractivity contribution in [1.82, 2.24) is 4.31 Å². The summed E-state index contributed by atoms with van der Waals surface area (Å²) in [7, 11) is -3.60. The van der Waals surface area contributed by atoms with Gasteiger partial charge in [-0.15, -0.1) is 11.8 Å². The number of ether oxygens (including phenoxy) is 1. The number of nitrogens with one attached hydrogen (secondary N) is 1. The standard InChI is InChI=1S/C18H19ClN2O4S2/c19-14-4-6-16(7-5-14)26-13-18(22)20-15-2-1-3-17(12-15)27(23,24)21-8-10-25-11-9-21/h1-7,12H,8-11,13H2,(H,20,22). The van der Waals surface area contributed by atoms with E-state index in [1.54, 1.807) is 24.3 Å². The van der Waals surface area contributed by atoms with Gasteiger partial charge in [-0.1, -0.05) is 17.7 Å². The van der Waals surface area contributed by atoms with Gasteiger partial charge in [0.15, 0.2) is 0 Å². The third kappa shape index (κ3) is 5.46. The number of anilines is 1. The van der Waals surface area contributed by atoms with Crippen molar-refractivity contribution in [3.63, 3.8) is 0 Å². The summed E-state index contributed by atoms with van der Waals surface area (Å²) in [6.07, 6.45) is 0. The van der Waals surface area contributed by atoms with Crippen LogP contribution in [0.5, 0.6) is 0 Å². The second-order valence-electron chi connectivity index (χ2n) is 5.84. The van der Waals surface area contributed by atoms with Crippen LogP contribution in [0.4, 0.5) is 5.69 Å². The van der Waals surface area contributed by atoms with Gasteiger partial charge in [-0.05, 0) is 42.5 Å². The van der Waals surface area contributed by atoms with Crippen molar-refractivity contribution in [2.75, 3.05) is 37.4 Å². The first kappa shape index (κ1) is 20.2. The molecule has 1 heterocycles. The normalized spacial score (nSPS) is 15.4. The number of rotatable bonds is 6. The molecule has 0 aromatic heterocycles. The molecule has 1 amide bonds. The van der Waals surface area contributed by atoms with Crippen LogP contribution in [-0.2, 0) is 19.6 Å². The molecule has 2 aromatic carbocycles. The second kappa shape index (κ2) is 9.07. The molecule has 0 saturated carbocycles. The molecule has 0 unspecified atom stereocenters. The minimum absolute atomic E-state index is 0.160. The number of nitrogens with zero attached hydrogens (tertiary/aromatic N) is 1. The summed E-state index contributed by atoms with van der Waals surface area (Å²) in [6.45, 7) is 1.43. The van der Waals surface area contributed by atoms with Crippen molar-refractivity contribution in [2.45, 2.75) is 9.79 Å². The maximum atomic E-state index is 12.7. The quantitative estimate of drug-likeness (QED) is 0.718. The van der Waals surface area contributed by atoms with E-state index < -0.39 is 10.0 Å². The Morgan fingerprint density at radius 1 is 1.15 bits per heavy atom. The number of benzene rings is 2. The molecule has 0 radical (unpaired) electrons. The van der Waals surface area contributed by atoms with Crippen LogP contribution >= 0.6 is 23.4 Å². The predicted octanol–water partition coefficient (Wildman–Crippen LogP) is 3.09. The number of thioether (sulfide) groups is 1. The number of carbonyl (C=O) groups excluding carboxylic acids is 1. The zero-order chi connectivity index (χ0) is 19.3. The maximum absolute atomic E-state index is 12.7. The third-order valence-corrected chi connectivity index (χ3v) is 7.07. The highest BCUT2D eigenvalue weighted by Gasteiger charge is 2.26. The Kier molecular flexibility index (Phi) is 6.78. The molecule has 0 bridgehead atoms. The summed E-state index contributed by atoms with van der Waals surface area (Å²) in [5.74, 6) is -0.00177. The molecule has 3 rings (SSSR count). The van der Waals surface area contributed by atoms with Gasteiger partial charge in [0.05, 0.1) is 23.9 Å². The lowest BCUT2D eigenvalue weighted by Gasteiger charge is -2.26. The van der Waals surface area contributed by atoms with Gasteiger partial charge in [0, 0.05) is 28.7 Å². The Balaban J connectivity index is 1.63. The van der Waals surface area contributed by atoms with E-state index in [-0.39, 0.29) is 16.6 Å². The van der Waals surface area contributed by atoms with Gasteiger partial charge in [0.25, 0.3) is 0 Å². The Hall–Kier alpha value is -1.58. The molecular formula is C18H19ClN2O4S2. The first-order chi connectivity index (χ1) is 12.9. The summed E-state index contributed by atoms with van der Waals surface area (Å²) >= 11 is 7.22. The molecule has 0 spiro atoms. The fourth-order valence-electron chi connectivity index (χ4n) is 2.55. The molecule has 1 saturated heterocycles. The summed E-state index contributed by atoms with van der Waals surface area (Å²) in [6, 6.07) is 13.5. The van der Waals surface area contributed by atoms with Gasteiger partial charge < -0.3 is 10.1 Å². The summed E-state index contributed by atoms with van der Waals surface area (Å²) < 4.78 is 32.0. The molecule has 144 valence electrons. The first-order valence-corrected chi connectivity index (χ1v) is 11.1. The van der Waals surface area contributed by atoms with Crippen LogP contribution in [0.1, 0.15) is 0 Å². The van der Waals surface area contributed by atoms with Crippen LogP contribution in [0, 0.1) is 0 Å². The lowest BCUT2D eigenvalue weighted by molar-refractivity contribution is -0.113. The number of hydrogen-bond donors (Lipinski definition) is 1. The van der Waals surface area contributed by atoms with Crippen molar-refractivity contribution in [3.05, 3.63) is 53.6 Å². The van der Waals surface area contributed by atoms with Crippen LogP contribution in [0.15, 0.2) is 58.3 Å². The van der Waals surface area contributed by atoms with Crippen LogP contribution in [0.2, 0.25) is 5.02 Å². The molecule has 6 nitrogen and oxygen atoms in total. The monoisotopic (exact) mass is 426 g/mol. The number of sulfonamides is 1. The highest BCUT2D eigenvalue weighted by molar-refractivity contribution is 8.00. The summed E-state index contributed by atoms with van der Waals surface area (Å²) in [4.78, 5) is 13.3. The minimum Gasteiger partial charge on any atom is -0.379 e. The van der Waals surface area contributed by atoms with Gasteiger partial charge in [-0.3, -0.25) is 4.79 Å². The zero-order valence-corrected chi connectivity index (χ0v) is 16.8. The van der Waals surface area contributed by atoms with Crippen LogP contribution in [-0.4, -0.2) is 50.7 Å². The van der Waals surface area contributed by atoms with Gasteiger partial charge in [0.2, 0.25) is 15.9 Å². The van der Waals surface area contributed by atoms with Crippen molar-refractivity contribution in [2.24, 2.45) is 0 Å². The molecule has 1 aliphatic rings. The van der Waals surface area contributed by atoms with Gasteiger partial charge in [0.1, 0.15) is 0 Å². The first-order valence-electron chi connectivity index (χ1n) is 8.31. The number of halogens is 1. The van der Waals surface area contributed by atoms with Gasteiger partial charge in [-0.2, -0.15) is 4.31 Å². The molecule has 0 atom stereocenters. The average Bonchev–Trinajstić information content (AvgIpc) is 2.68. The largest absolute Gasteiger partial charge is 0.379 e. The smallest absolute Gasteiger partial charge is 0.243 e. The van der Waals surface area contributed by atoms with Crippen molar-refractivity contribution in [3.8, 4) is 0 Å². The zero-order valence-electron chi connectivity index (χ0n) is 14.4. The van der Waals surface area contributed by atoms with E-state index in [0.29, 0.717) is 37.0 Å². The van der Waals surface area contributed by atoms with Crippen molar-refractivity contribution < 1.29 is 17.9 Å². The lowest BCUT2D eigenvalue weighted by Crippen LogP contribution is -2.40. The molecule has 2 aromatic rings. The van der Waals surface area contributed by atoms with E-state index >= 15 is 0 Å². The molecular weight excluding hydrogens is 408 g/mol. The highest BCUT2D eigenvalue weighted by Crippen LogP contribution is 2.22. The van der Waals surface area contributed by atoms with Crippen molar-refractivity contribution >= 4 is 45.0 Å². The molecule has 9 heteroatoms. The highest BCUT2D eigenvalue weighted by atomic mass is 35.5. The lowest BCUT2D eigenvalue weighted by atomic mass is 10.3. The average molecular weight is 427 g/mol. The SMILES string of the molecule is O=C(CSc1ccc(Cl)cc1)Nc1cccc(S(=O)(=O)N2CCOCC2)c1. The molecule has 1 aliphatic heterocycles. The number of hydrogen-bond acceptors (Lipinski definition) is 5. The molecule has 1 N–H and O–H groups in total. The maximum Gasteiger partial charge on any atom is 0.243 e. The van der Waals surface area contributed by atoms with Gasteiger partial charge >= 0.3 is 0 Å². The van der Waals surface area contributed by atoms with Crippen LogP contribution < -0.4 is 5.32 Å².